The Morgan fingerprint density at radius 3 is 2.73 bits per heavy atom. The molecule has 0 unspecified atom stereocenters. The predicted octanol–water partition coefficient (Wildman–Crippen LogP) is 1.49. The number of alkyl carbamates (subject to hydrolysis) is 1. The van der Waals surface area contributed by atoms with Crippen molar-refractivity contribution in [3.05, 3.63) is 35.5 Å². The summed E-state index contributed by atoms with van der Waals surface area (Å²) in [7, 11) is 1.44. The highest BCUT2D eigenvalue weighted by Gasteiger charge is 2.35. The lowest BCUT2D eigenvalue weighted by atomic mass is 9.88. The van der Waals surface area contributed by atoms with Gasteiger partial charge in [0.2, 0.25) is 5.95 Å². The zero-order chi connectivity index (χ0) is 24.1. The molecule has 3 heterocycles. The van der Waals surface area contributed by atoms with E-state index in [1.54, 1.807) is 4.90 Å². The molecule has 0 saturated carbocycles. The number of nitrogens with zero attached hydrogens (tertiary/aromatic N) is 4. The second-order valence-electron chi connectivity index (χ2n) is 7.46. The lowest BCUT2D eigenvalue weighted by molar-refractivity contribution is -0.141. The Kier molecular flexibility index (Phi) is 7.36. The van der Waals surface area contributed by atoms with Crippen molar-refractivity contribution in [2.45, 2.75) is 37.6 Å². The van der Waals surface area contributed by atoms with Crippen molar-refractivity contribution in [2.75, 3.05) is 31.6 Å². The number of alkyl halides is 3. The first-order valence-electron chi connectivity index (χ1n) is 10.1. The fourth-order valence-electron chi connectivity index (χ4n) is 3.23. The summed E-state index contributed by atoms with van der Waals surface area (Å²) >= 11 is 0. The highest BCUT2D eigenvalue weighted by molar-refractivity contribution is 5.91. The molecule has 0 atom stereocenters. The van der Waals surface area contributed by atoms with Crippen LogP contribution in [0.25, 0.3) is 0 Å². The molecule has 0 radical (unpaired) electrons. The second-order valence-corrected chi connectivity index (χ2v) is 7.46. The molecule has 1 aliphatic rings. The maximum absolute atomic E-state index is 12.8. The summed E-state index contributed by atoms with van der Waals surface area (Å²) in [4.78, 5) is 32.3. The van der Waals surface area contributed by atoms with Gasteiger partial charge in [-0.3, -0.25) is 4.79 Å². The van der Waals surface area contributed by atoms with Gasteiger partial charge >= 0.3 is 12.3 Å². The summed E-state index contributed by atoms with van der Waals surface area (Å²) in [6, 6.07) is 2.15. The van der Waals surface area contributed by atoms with E-state index in [0.29, 0.717) is 0 Å². The maximum atomic E-state index is 12.8. The largest absolute Gasteiger partial charge is 0.441 e. The van der Waals surface area contributed by atoms with E-state index in [1.807, 2.05) is 0 Å². The third kappa shape index (κ3) is 6.54. The number of halogens is 3. The van der Waals surface area contributed by atoms with Gasteiger partial charge in [-0.2, -0.15) is 13.2 Å². The van der Waals surface area contributed by atoms with Crippen LogP contribution in [0.4, 0.5) is 23.9 Å². The van der Waals surface area contributed by atoms with Crippen LogP contribution in [0.2, 0.25) is 0 Å². The number of hydrogen-bond donors (Lipinski definition) is 3. The number of aliphatic hydroxyl groups is 1. The molecule has 0 aromatic carbocycles. The zero-order valence-electron chi connectivity index (χ0n) is 17.7. The molecule has 1 saturated heterocycles. The Bertz CT molecular complexity index is 975. The normalized spacial score (nSPS) is 15.7. The smallest absolute Gasteiger partial charge is 0.433 e. The van der Waals surface area contributed by atoms with Crippen molar-refractivity contribution in [3.8, 4) is 0 Å². The maximum Gasteiger partial charge on any atom is 0.433 e. The molecule has 2 amide bonds. The average Bonchev–Trinajstić information content (AvgIpc) is 3.26. The van der Waals surface area contributed by atoms with Crippen LogP contribution in [-0.2, 0) is 17.5 Å². The van der Waals surface area contributed by atoms with Crippen LogP contribution in [-0.4, -0.2) is 64.5 Å². The molecule has 11 nitrogen and oxygen atoms in total. The average molecular weight is 472 g/mol. The standard InChI is InChI=1S/C19H23F3N6O5/c1-23-15(29)13-10-12(33-27-13)11-32-17(30)25-7-3-18(31)4-8-28(9-5-18)16-24-6-2-14(26-16)19(20,21)22/h2,6,10,31H,3-5,7-9,11H2,1H3,(H,23,29)(H,25,30). The molecule has 0 spiro atoms. The molecule has 0 bridgehead atoms. The molecule has 3 N–H and O–H groups in total. The molecule has 2 aromatic rings. The Labute approximate surface area is 186 Å². The summed E-state index contributed by atoms with van der Waals surface area (Å²) in [6.45, 7) is 0.421. The van der Waals surface area contributed by atoms with Crippen LogP contribution >= 0.6 is 0 Å². The number of amides is 2. The lowest BCUT2D eigenvalue weighted by Crippen LogP contribution is -2.46. The first-order chi connectivity index (χ1) is 15.6. The first kappa shape index (κ1) is 24.2. The molecule has 180 valence electrons. The lowest BCUT2D eigenvalue weighted by Gasteiger charge is -2.38. The third-order valence-corrected chi connectivity index (χ3v) is 5.13. The molecular weight excluding hydrogens is 449 g/mol. The van der Waals surface area contributed by atoms with Crippen LogP contribution < -0.4 is 15.5 Å². The van der Waals surface area contributed by atoms with Crippen molar-refractivity contribution in [1.82, 2.24) is 25.8 Å². The minimum Gasteiger partial charge on any atom is -0.441 e. The fourth-order valence-corrected chi connectivity index (χ4v) is 3.23. The SMILES string of the molecule is CNC(=O)c1cc(COC(=O)NCCC2(O)CCN(c3nccc(C(F)(F)F)n3)CC2)on1. The van der Waals surface area contributed by atoms with E-state index in [-0.39, 0.29) is 62.9 Å². The van der Waals surface area contributed by atoms with Crippen LogP contribution in [0.15, 0.2) is 22.9 Å². The third-order valence-electron chi connectivity index (χ3n) is 5.13. The molecule has 3 rings (SSSR count). The Balaban J connectivity index is 1.40. The van der Waals surface area contributed by atoms with Gasteiger partial charge in [0.25, 0.3) is 5.91 Å². The van der Waals surface area contributed by atoms with Crippen molar-refractivity contribution < 1.29 is 37.1 Å². The first-order valence-corrected chi connectivity index (χ1v) is 10.1. The van der Waals surface area contributed by atoms with Crippen LogP contribution in [0, 0.1) is 0 Å². The van der Waals surface area contributed by atoms with E-state index in [1.165, 1.54) is 13.1 Å². The van der Waals surface area contributed by atoms with Gasteiger partial charge in [0.05, 0.1) is 5.60 Å². The molecule has 0 aliphatic carbocycles. The summed E-state index contributed by atoms with van der Waals surface area (Å²) < 4.78 is 48.4. The van der Waals surface area contributed by atoms with Gasteiger partial charge in [-0.05, 0) is 25.3 Å². The van der Waals surface area contributed by atoms with Gasteiger partial charge in [0.1, 0.15) is 5.69 Å². The van der Waals surface area contributed by atoms with Gasteiger partial charge in [0, 0.05) is 38.9 Å². The summed E-state index contributed by atoms with van der Waals surface area (Å²) in [5, 5.41) is 19.1. The topological polar surface area (TPSA) is 143 Å². The van der Waals surface area contributed by atoms with Crippen molar-refractivity contribution in [2.24, 2.45) is 0 Å². The number of carbonyl (C=O) groups is 2. The Morgan fingerprint density at radius 2 is 2.06 bits per heavy atom. The number of ether oxygens (including phenoxy) is 1. The Hall–Kier alpha value is -3.42. The number of nitrogens with one attached hydrogen (secondary N) is 2. The molecule has 2 aromatic heterocycles. The van der Waals surface area contributed by atoms with Gasteiger partial charge in [-0.25, -0.2) is 14.8 Å². The minimum absolute atomic E-state index is 0.0411. The molecular formula is C19H23F3N6O5. The van der Waals surface area contributed by atoms with Gasteiger partial charge in [0.15, 0.2) is 18.1 Å². The minimum atomic E-state index is -4.56. The van der Waals surface area contributed by atoms with Gasteiger partial charge in [-0.15, -0.1) is 0 Å². The number of anilines is 1. The second kappa shape index (κ2) is 10.0. The fraction of sp³-hybridized carbons (Fsp3) is 0.526. The van der Waals surface area contributed by atoms with Crippen LogP contribution in [0.3, 0.4) is 0 Å². The quantitative estimate of drug-likeness (QED) is 0.546. The number of piperidine rings is 1. The predicted molar refractivity (Wildman–Crippen MR) is 106 cm³/mol. The van der Waals surface area contributed by atoms with Crippen LogP contribution in [0.5, 0.6) is 0 Å². The summed E-state index contributed by atoms with van der Waals surface area (Å²) in [6.07, 6.45) is -3.49. The van der Waals surface area contributed by atoms with E-state index < -0.39 is 29.5 Å². The van der Waals surface area contributed by atoms with E-state index in [9.17, 15) is 27.9 Å². The monoisotopic (exact) mass is 472 g/mol. The number of aromatic nitrogens is 3. The molecule has 14 heteroatoms. The number of rotatable bonds is 7. The van der Waals surface area contributed by atoms with Crippen molar-refractivity contribution in [1.29, 1.82) is 0 Å². The van der Waals surface area contributed by atoms with E-state index >= 15 is 0 Å². The highest BCUT2D eigenvalue weighted by atomic mass is 19.4. The van der Waals surface area contributed by atoms with Gasteiger partial charge in [-0.1, -0.05) is 5.16 Å². The van der Waals surface area contributed by atoms with Crippen LogP contribution in [0.1, 0.15) is 41.2 Å². The van der Waals surface area contributed by atoms with Gasteiger partial charge < -0.3 is 29.9 Å². The zero-order valence-corrected chi connectivity index (χ0v) is 17.7. The Morgan fingerprint density at radius 1 is 1.33 bits per heavy atom. The molecule has 33 heavy (non-hydrogen) atoms. The summed E-state index contributed by atoms with van der Waals surface area (Å²) in [5.41, 5.74) is -2.06. The van der Waals surface area contributed by atoms with E-state index in [4.69, 9.17) is 9.26 Å². The van der Waals surface area contributed by atoms with E-state index in [2.05, 4.69) is 25.8 Å². The highest BCUT2D eigenvalue weighted by Crippen LogP contribution is 2.30. The van der Waals surface area contributed by atoms with Crippen molar-refractivity contribution in [3.63, 3.8) is 0 Å². The molecule has 1 fully saturated rings. The number of hydrogen-bond acceptors (Lipinski definition) is 9. The van der Waals surface area contributed by atoms with E-state index in [0.717, 1.165) is 12.3 Å². The number of carbonyl (C=O) groups excluding carboxylic acids is 2. The van der Waals surface area contributed by atoms with Crippen molar-refractivity contribution >= 4 is 17.9 Å². The summed E-state index contributed by atoms with van der Waals surface area (Å²) in [5.74, 6) is -0.291. The molecule has 1 aliphatic heterocycles.